The molecule has 0 radical (unpaired) electrons. The summed E-state index contributed by atoms with van der Waals surface area (Å²) in [6.45, 7) is 7.49. The van der Waals surface area contributed by atoms with Gasteiger partial charge in [-0.15, -0.1) is 0 Å². The van der Waals surface area contributed by atoms with Crippen molar-refractivity contribution in [3.63, 3.8) is 0 Å². The maximum absolute atomic E-state index is 12.7. The third kappa shape index (κ3) is 4.78. The average Bonchev–Trinajstić information content (AvgIpc) is 3.21. The smallest absolute Gasteiger partial charge is 0.255 e. The van der Waals surface area contributed by atoms with Gasteiger partial charge < -0.3 is 15.4 Å². The van der Waals surface area contributed by atoms with Crippen molar-refractivity contribution in [3.8, 4) is 0 Å². The number of nitrogens with one attached hydrogen (secondary N) is 2. The number of amides is 2. The Morgan fingerprint density at radius 3 is 2.36 bits per heavy atom. The lowest BCUT2D eigenvalue weighted by Crippen LogP contribution is -2.31. The number of hydrogen-bond donors (Lipinski definition) is 2. The molecule has 0 spiro atoms. The van der Waals surface area contributed by atoms with E-state index in [1.165, 1.54) is 0 Å². The zero-order chi connectivity index (χ0) is 20.1. The maximum Gasteiger partial charge on any atom is 0.255 e. The zero-order valence-electron chi connectivity index (χ0n) is 16.7. The summed E-state index contributed by atoms with van der Waals surface area (Å²) in [4.78, 5) is 25.0. The van der Waals surface area contributed by atoms with Crippen LogP contribution >= 0.6 is 0 Å². The normalized spacial score (nSPS) is 16.2. The summed E-state index contributed by atoms with van der Waals surface area (Å²) >= 11 is 0. The zero-order valence-corrected chi connectivity index (χ0v) is 16.7. The highest BCUT2D eigenvalue weighted by Crippen LogP contribution is 2.27. The topological polar surface area (TPSA) is 67.4 Å². The number of para-hydroxylation sites is 1. The van der Waals surface area contributed by atoms with E-state index in [0.717, 1.165) is 36.3 Å². The van der Waals surface area contributed by atoms with Crippen molar-refractivity contribution in [3.05, 3.63) is 64.7 Å². The van der Waals surface area contributed by atoms with Crippen LogP contribution in [0.4, 0.5) is 5.69 Å². The first kappa shape index (κ1) is 20.1. The van der Waals surface area contributed by atoms with Gasteiger partial charge >= 0.3 is 0 Å². The van der Waals surface area contributed by atoms with Crippen LogP contribution in [0.3, 0.4) is 0 Å². The number of benzene rings is 2. The van der Waals surface area contributed by atoms with Gasteiger partial charge in [0, 0.05) is 30.0 Å². The molecule has 2 aromatic carbocycles. The van der Waals surface area contributed by atoms with Crippen LogP contribution in [-0.4, -0.2) is 31.1 Å². The molecule has 1 saturated heterocycles. The van der Waals surface area contributed by atoms with Crippen molar-refractivity contribution >= 4 is 17.5 Å². The van der Waals surface area contributed by atoms with E-state index in [-0.39, 0.29) is 17.9 Å². The second-order valence-electron chi connectivity index (χ2n) is 7.57. The van der Waals surface area contributed by atoms with Gasteiger partial charge in [0.2, 0.25) is 0 Å². The molecule has 2 amide bonds. The Morgan fingerprint density at radius 1 is 1.07 bits per heavy atom. The van der Waals surface area contributed by atoms with E-state index in [9.17, 15) is 9.59 Å². The Morgan fingerprint density at radius 2 is 1.75 bits per heavy atom. The van der Waals surface area contributed by atoms with Crippen LogP contribution in [0.15, 0.2) is 42.5 Å². The van der Waals surface area contributed by atoms with E-state index in [2.05, 4.69) is 24.5 Å². The minimum atomic E-state index is -0.178. The van der Waals surface area contributed by atoms with Gasteiger partial charge in [-0.25, -0.2) is 0 Å². The molecule has 0 saturated carbocycles. The lowest BCUT2D eigenvalue weighted by Gasteiger charge is -2.16. The number of anilines is 1. The molecule has 1 atom stereocenters. The van der Waals surface area contributed by atoms with Crippen LogP contribution in [0, 0.1) is 6.92 Å². The van der Waals surface area contributed by atoms with Gasteiger partial charge in [0.15, 0.2) is 0 Å². The van der Waals surface area contributed by atoms with Crippen LogP contribution in [0.1, 0.15) is 64.4 Å². The van der Waals surface area contributed by atoms with Crippen LogP contribution in [0.25, 0.3) is 0 Å². The lowest BCUT2D eigenvalue weighted by atomic mass is 9.98. The molecule has 3 rings (SSSR count). The summed E-state index contributed by atoms with van der Waals surface area (Å²) < 4.78 is 5.51. The summed E-state index contributed by atoms with van der Waals surface area (Å²) in [5.74, 6) is -0.0175. The molecule has 1 heterocycles. The first-order chi connectivity index (χ1) is 13.5. The maximum atomic E-state index is 12.7. The molecule has 0 aliphatic carbocycles. The second-order valence-corrected chi connectivity index (χ2v) is 7.57. The minimum absolute atomic E-state index is 0.110. The summed E-state index contributed by atoms with van der Waals surface area (Å²) in [5.41, 5.74) is 4.06. The van der Waals surface area contributed by atoms with E-state index in [1.807, 2.05) is 25.1 Å². The third-order valence-electron chi connectivity index (χ3n) is 5.09. The van der Waals surface area contributed by atoms with Gasteiger partial charge in [-0.1, -0.05) is 32.0 Å². The van der Waals surface area contributed by atoms with Crippen LogP contribution < -0.4 is 10.6 Å². The summed E-state index contributed by atoms with van der Waals surface area (Å²) in [7, 11) is 0. The van der Waals surface area contributed by atoms with E-state index in [0.29, 0.717) is 23.6 Å². The fourth-order valence-corrected chi connectivity index (χ4v) is 3.41. The molecule has 2 N–H and O–H groups in total. The Kier molecular flexibility index (Phi) is 6.47. The Labute approximate surface area is 166 Å². The van der Waals surface area contributed by atoms with Gasteiger partial charge in [0.25, 0.3) is 11.8 Å². The van der Waals surface area contributed by atoms with E-state index in [4.69, 9.17) is 4.74 Å². The van der Waals surface area contributed by atoms with Crippen LogP contribution in [0.2, 0.25) is 0 Å². The predicted molar refractivity (Wildman–Crippen MR) is 111 cm³/mol. The van der Waals surface area contributed by atoms with Crippen molar-refractivity contribution in [2.24, 2.45) is 0 Å². The molecule has 1 aliphatic rings. The number of carbonyl (C=O) groups is 2. The monoisotopic (exact) mass is 380 g/mol. The van der Waals surface area contributed by atoms with Crippen molar-refractivity contribution in [1.29, 1.82) is 0 Å². The lowest BCUT2D eigenvalue weighted by molar-refractivity contribution is 0.0857. The number of hydrogen-bond acceptors (Lipinski definition) is 3. The Balaban J connectivity index is 1.65. The number of ether oxygens (including phenoxy) is 1. The molecule has 5 nitrogen and oxygen atoms in total. The molecular weight excluding hydrogens is 352 g/mol. The molecule has 0 bridgehead atoms. The SMILES string of the molecule is Cc1cccc(C(C)C)c1NC(=O)c1ccc(C(=O)NCC2CCCO2)cc1. The molecule has 5 heteroatoms. The quantitative estimate of drug-likeness (QED) is 0.786. The van der Waals surface area contributed by atoms with Gasteiger partial charge in [-0.05, 0) is 61.1 Å². The molecule has 1 aliphatic heterocycles. The minimum Gasteiger partial charge on any atom is -0.376 e. The Hall–Kier alpha value is -2.66. The van der Waals surface area contributed by atoms with Gasteiger partial charge in [-0.2, -0.15) is 0 Å². The fraction of sp³-hybridized carbons (Fsp3) is 0.391. The first-order valence-electron chi connectivity index (χ1n) is 9.86. The van der Waals surface area contributed by atoms with Crippen molar-refractivity contribution < 1.29 is 14.3 Å². The fourth-order valence-electron chi connectivity index (χ4n) is 3.41. The molecule has 2 aromatic rings. The van der Waals surface area contributed by atoms with Crippen LogP contribution in [0.5, 0.6) is 0 Å². The number of carbonyl (C=O) groups excluding carboxylic acids is 2. The standard InChI is InChI=1S/C23H28N2O3/c1-15(2)20-8-4-6-16(3)21(20)25-23(27)18-11-9-17(10-12-18)22(26)24-14-19-7-5-13-28-19/h4,6,8-12,15,19H,5,7,13-14H2,1-3H3,(H,24,26)(H,25,27). The average molecular weight is 380 g/mol. The highest BCUT2D eigenvalue weighted by atomic mass is 16.5. The third-order valence-corrected chi connectivity index (χ3v) is 5.09. The number of rotatable bonds is 6. The molecule has 148 valence electrons. The molecule has 1 unspecified atom stereocenters. The van der Waals surface area contributed by atoms with E-state index in [1.54, 1.807) is 24.3 Å². The second kappa shape index (κ2) is 9.02. The Bertz CT molecular complexity index is 837. The summed E-state index contributed by atoms with van der Waals surface area (Å²) in [6, 6.07) is 12.8. The van der Waals surface area contributed by atoms with Gasteiger partial charge in [-0.3, -0.25) is 9.59 Å². The molecule has 1 fully saturated rings. The van der Waals surface area contributed by atoms with Gasteiger partial charge in [0.1, 0.15) is 0 Å². The van der Waals surface area contributed by atoms with Crippen molar-refractivity contribution in [2.75, 3.05) is 18.5 Å². The predicted octanol–water partition coefficient (Wildman–Crippen LogP) is 4.28. The van der Waals surface area contributed by atoms with Gasteiger partial charge in [0.05, 0.1) is 6.10 Å². The van der Waals surface area contributed by atoms with E-state index < -0.39 is 0 Å². The van der Waals surface area contributed by atoms with E-state index >= 15 is 0 Å². The molecular formula is C23H28N2O3. The highest BCUT2D eigenvalue weighted by molar-refractivity contribution is 6.05. The highest BCUT2D eigenvalue weighted by Gasteiger charge is 2.17. The van der Waals surface area contributed by atoms with Crippen LogP contribution in [-0.2, 0) is 4.74 Å². The first-order valence-corrected chi connectivity index (χ1v) is 9.86. The summed E-state index contributed by atoms with van der Waals surface area (Å²) in [5, 5.41) is 5.92. The largest absolute Gasteiger partial charge is 0.376 e. The van der Waals surface area contributed by atoms with Crippen molar-refractivity contribution in [1.82, 2.24) is 5.32 Å². The van der Waals surface area contributed by atoms with Crippen molar-refractivity contribution in [2.45, 2.75) is 45.6 Å². The molecule has 28 heavy (non-hydrogen) atoms. The number of aryl methyl sites for hydroxylation is 1. The molecule has 0 aromatic heterocycles. The summed E-state index contributed by atoms with van der Waals surface area (Å²) in [6.07, 6.45) is 2.14.